The van der Waals surface area contributed by atoms with Crippen molar-refractivity contribution in [2.75, 3.05) is 0 Å². The molecule has 1 aromatic heterocycles. The Bertz CT molecular complexity index is 982. The summed E-state index contributed by atoms with van der Waals surface area (Å²) in [5.74, 6) is 0.877. The Morgan fingerprint density at radius 2 is 1.43 bits per heavy atom. The first-order valence-electron chi connectivity index (χ1n) is 9.33. The molecular weight excluding hydrogens is 364 g/mol. The SMILES string of the molecule is c1ccc(CNCc2ncc(-c3ccc(OCc4ccccc4)cc3)s2)cc1. The van der Waals surface area contributed by atoms with Gasteiger partial charge < -0.3 is 10.1 Å². The molecule has 4 heteroatoms. The predicted octanol–water partition coefficient (Wildman–Crippen LogP) is 5.68. The molecule has 1 heterocycles. The second kappa shape index (κ2) is 9.31. The number of nitrogens with one attached hydrogen (secondary N) is 1. The molecule has 0 aliphatic rings. The first kappa shape index (κ1) is 18.4. The van der Waals surface area contributed by atoms with Crippen molar-refractivity contribution in [2.45, 2.75) is 19.7 Å². The molecule has 0 unspecified atom stereocenters. The maximum atomic E-state index is 5.86. The van der Waals surface area contributed by atoms with Crippen LogP contribution < -0.4 is 10.1 Å². The average Bonchev–Trinajstić information content (AvgIpc) is 3.23. The van der Waals surface area contributed by atoms with E-state index >= 15 is 0 Å². The molecule has 0 radical (unpaired) electrons. The molecular formula is C24H22N2OS. The molecule has 0 amide bonds. The summed E-state index contributed by atoms with van der Waals surface area (Å²) in [5.41, 5.74) is 3.62. The molecule has 4 rings (SSSR count). The zero-order chi connectivity index (χ0) is 19.0. The van der Waals surface area contributed by atoms with E-state index in [2.05, 4.69) is 58.8 Å². The van der Waals surface area contributed by atoms with Gasteiger partial charge in [-0.3, -0.25) is 0 Å². The smallest absolute Gasteiger partial charge is 0.119 e. The molecule has 0 saturated heterocycles. The summed E-state index contributed by atoms with van der Waals surface area (Å²) < 4.78 is 5.86. The first-order valence-corrected chi connectivity index (χ1v) is 10.1. The predicted molar refractivity (Wildman–Crippen MR) is 115 cm³/mol. The van der Waals surface area contributed by atoms with Gasteiger partial charge in [0.2, 0.25) is 0 Å². The van der Waals surface area contributed by atoms with E-state index in [0.29, 0.717) is 6.61 Å². The third kappa shape index (κ3) is 5.06. The molecule has 0 spiro atoms. The van der Waals surface area contributed by atoms with Crippen LogP contribution in [-0.4, -0.2) is 4.98 Å². The Hall–Kier alpha value is -2.95. The number of rotatable bonds is 8. The second-order valence-electron chi connectivity index (χ2n) is 6.51. The number of aromatic nitrogens is 1. The van der Waals surface area contributed by atoms with Gasteiger partial charge in [0.25, 0.3) is 0 Å². The molecule has 4 aromatic rings. The van der Waals surface area contributed by atoms with Crippen molar-refractivity contribution in [3.8, 4) is 16.2 Å². The van der Waals surface area contributed by atoms with Crippen LogP contribution in [0.1, 0.15) is 16.1 Å². The molecule has 3 aromatic carbocycles. The van der Waals surface area contributed by atoms with Gasteiger partial charge in [-0.25, -0.2) is 4.98 Å². The summed E-state index contributed by atoms with van der Waals surface area (Å²) in [6.45, 7) is 2.21. The molecule has 0 aliphatic heterocycles. The Labute approximate surface area is 169 Å². The number of hydrogen-bond donors (Lipinski definition) is 1. The average molecular weight is 387 g/mol. The summed E-state index contributed by atoms with van der Waals surface area (Å²) in [6.07, 6.45) is 1.95. The molecule has 3 nitrogen and oxygen atoms in total. The highest BCUT2D eigenvalue weighted by Gasteiger charge is 2.05. The fourth-order valence-electron chi connectivity index (χ4n) is 2.89. The van der Waals surface area contributed by atoms with E-state index in [9.17, 15) is 0 Å². The van der Waals surface area contributed by atoms with Gasteiger partial charge in [-0.2, -0.15) is 0 Å². The topological polar surface area (TPSA) is 34.2 Å². The van der Waals surface area contributed by atoms with E-state index < -0.39 is 0 Å². The van der Waals surface area contributed by atoms with Crippen molar-refractivity contribution in [3.63, 3.8) is 0 Å². The van der Waals surface area contributed by atoms with Crippen molar-refractivity contribution in [2.24, 2.45) is 0 Å². The van der Waals surface area contributed by atoms with E-state index in [1.807, 2.05) is 42.6 Å². The van der Waals surface area contributed by atoms with Gasteiger partial charge in [-0.05, 0) is 41.0 Å². The zero-order valence-electron chi connectivity index (χ0n) is 15.5. The van der Waals surface area contributed by atoms with Gasteiger partial charge in [0, 0.05) is 19.3 Å². The fourth-order valence-corrected chi connectivity index (χ4v) is 3.78. The van der Waals surface area contributed by atoms with Gasteiger partial charge in [-0.1, -0.05) is 60.7 Å². The van der Waals surface area contributed by atoms with E-state index in [1.54, 1.807) is 11.3 Å². The molecule has 28 heavy (non-hydrogen) atoms. The highest BCUT2D eigenvalue weighted by atomic mass is 32.1. The van der Waals surface area contributed by atoms with Crippen LogP contribution in [0.4, 0.5) is 0 Å². The number of nitrogens with zero attached hydrogens (tertiary/aromatic N) is 1. The summed E-state index contributed by atoms with van der Waals surface area (Å²) >= 11 is 1.72. The van der Waals surface area contributed by atoms with Crippen LogP contribution in [0.25, 0.3) is 10.4 Å². The van der Waals surface area contributed by atoms with Crippen LogP contribution in [0.3, 0.4) is 0 Å². The van der Waals surface area contributed by atoms with E-state index in [0.717, 1.165) is 23.8 Å². The zero-order valence-corrected chi connectivity index (χ0v) is 16.4. The van der Waals surface area contributed by atoms with Crippen molar-refractivity contribution in [1.29, 1.82) is 0 Å². The summed E-state index contributed by atoms with van der Waals surface area (Å²) in [4.78, 5) is 5.72. The largest absolute Gasteiger partial charge is 0.489 e. The molecule has 0 aliphatic carbocycles. The lowest BCUT2D eigenvalue weighted by atomic mass is 10.2. The number of benzene rings is 3. The van der Waals surface area contributed by atoms with Crippen LogP contribution in [0.2, 0.25) is 0 Å². The van der Waals surface area contributed by atoms with Crippen LogP contribution in [0.15, 0.2) is 91.1 Å². The Morgan fingerprint density at radius 1 is 0.750 bits per heavy atom. The molecule has 0 fully saturated rings. The normalized spacial score (nSPS) is 10.7. The molecule has 140 valence electrons. The van der Waals surface area contributed by atoms with Gasteiger partial charge in [-0.15, -0.1) is 11.3 Å². The van der Waals surface area contributed by atoms with Gasteiger partial charge in [0.15, 0.2) is 0 Å². The minimum absolute atomic E-state index is 0.581. The summed E-state index contributed by atoms with van der Waals surface area (Å²) in [7, 11) is 0. The summed E-state index contributed by atoms with van der Waals surface area (Å²) in [6, 6.07) is 28.8. The van der Waals surface area contributed by atoms with Crippen LogP contribution in [0, 0.1) is 0 Å². The maximum absolute atomic E-state index is 5.86. The Balaban J connectivity index is 1.30. The molecule has 0 saturated carbocycles. The third-order valence-corrected chi connectivity index (χ3v) is 5.44. The summed E-state index contributed by atoms with van der Waals surface area (Å²) in [5, 5.41) is 4.54. The molecule has 1 N–H and O–H groups in total. The first-order chi connectivity index (χ1) is 13.9. The maximum Gasteiger partial charge on any atom is 0.119 e. The monoisotopic (exact) mass is 386 g/mol. The van der Waals surface area contributed by atoms with E-state index in [1.165, 1.54) is 21.6 Å². The van der Waals surface area contributed by atoms with Crippen LogP contribution >= 0.6 is 11.3 Å². The van der Waals surface area contributed by atoms with Crippen LogP contribution in [-0.2, 0) is 19.7 Å². The van der Waals surface area contributed by atoms with E-state index in [-0.39, 0.29) is 0 Å². The number of hydrogen-bond acceptors (Lipinski definition) is 4. The Kier molecular flexibility index (Phi) is 6.12. The lowest BCUT2D eigenvalue weighted by molar-refractivity contribution is 0.306. The minimum atomic E-state index is 0.581. The van der Waals surface area contributed by atoms with Crippen molar-refractivity contribution < 1.29 is 4.74 Å². The number of thiazole rings is 1. The second-order valence-corrected chi connectivity index (χ2v) is 7.62. The van der Waals surface area contributed by atoms with Crippen molar-refractivity contribution in [1.82, 2.24) is 10.3 Å². The standard InChI is InChI=1S/C24H22N2OS/c1-3-7-19(8-4-1)15-25-17-24-26-16-23(28-24)21-11-13-22(14-12-21)27-18-20-9-5-2-6-10-20/h1-14,16,25H,15,17-18H2. The fraction of sp³-hybridized carbons (Fsp3) is 0.125. The number of ether oxygens (including phenoxy) is 1. The van der Waals surface area contributed by atoms with E-state index in [4.69, 9.17) is 4.74 Å². The van der Waals surface area contributed by atoms with Crippen molar-refractivity contribution in [3.05, 3.63) is 107 Å². The van der Waals surface area contributed by atoms with Crippen LogP contribution in [0.5, 0.6) is 5.75 Å². The lowest BCUT2D eigenvalue weighted by Gasteiger charge is -2.06. The lowest BCUT2D eigenvalue weighted by Crippen LogP contribution is -2.12. The minimum Gasteiger partial charge on any atom is -0.489 e. The van der Waals surface area contributed by atoms with Gasteiger partial charge >= 0.3 is 0 Å². The highest BCUT2D eigenvalue weighted by Crippen LogP contribution is 2.28. The third-order valence-electron chi connectivity index (χ3n) is 4.39. The Morgan fingerprint density at radius 3 is 2.14 bits per heavy atom. The van der Waals surface area contributed by atoms with Crippen molar-refractivity contribution >= 4 is 11.3 Å². The molecule has 0 atom stereocenters. The highest BCUT2D eigenvalue weighted by molar-refractivity contribution is 7.15. The quantitative estimate of drug-likeness (QED) is 0.423. The van der Waals surface area contributed by atoms with Gasteiger partial charge in [0.05, 0.1) is 4.88 Å². The molecule has 0 bridgehead atoms. The van der Waals surface area contributed by atoms with Gasteiger partial charge in [0.1, 0.15) is 17.4 Å².